The van der Waals surface area contributed by atoms with E-state index in [4.69, 9.17) is 11.5 Å². The summed E-state index contributed by atoms with van der Waals surface area (Å²) in [6.45, 7) is 0.537. The van der Waals surface area contributed by atoms with Crippen LogP contribution in [0.25, 0.3) is 10.9 Å². The van der Waals surface area contributed by atoms with Gasteiger partial charge in [-0.2, -0.15) is 5.10 Å². The molecule has 1 heterocycles. The maximum Gasteiger partial charge on any atom is 0.153 e. The largest absolute Gasteiger partial charge is 0.382 e. The summed E-state index contributed by atoms with van der Waals surface area (Å²) in [7, 11) is 0. The van der Waals surface area contributed by atoms with Gasteiger partial charge in [0.05, 0.1) is 5.52 Å². The molecule has 12 heavy (non-hydrogen) atoms. The van der Waals surface area contributed by atoms with E-state index in [1.54, 1.807) is 0 Å². The molecule has 0 saturated heterocycles. The minimum absolute atomic E-state index is 0.536. The maximum absolute atomic E-state index is 5.59. The first-order valence-electron chi connectivity index (χ1n) is 3.74. The predicted molar refractivity (Wildman–Crippen MR) is 48.4 cm³/mol. The van der Waals surface area contributed by atoms with Gasteiger partial charge >= 0.3 is 0 Å². The van der Waals surface area contributed by atoms with Crippen molar-refractivity contribution in [1.29, 1.82) is 0 Å². The highest BCUT2D eigenvalue weighted by Crippen LogP contribution is 2.18. The van der Waals surface area contributed by atoms with E-state index in [1.807, 2.05) is 18.2 Å². The molecule has 0 fully saturated rings. The Kier molecular flexibility index (Phi) is 1.48. The smallest absolute Gasteiger partial charge is 0.153 e. The summed E-state index contributed by atoms with van der Waals surface area (Å²) in [5.74, 6) is 0.536. The molecule has 0 bridgehead atoms. The monoisotopic (exact) mass is 162 g/mol. The first kappa shape index (κ1) is 7.12. The summed E-state index contributed by atoms with van der Waals surface area (Å²) >= 11 is 0. The number of hydrogen-bond acceptors (Lipinski definition) is 3. The number of nitrogens with zero attached hydrogens (tertiary/aromatic N) is 1. The third kappa shape index (κ3) is 0.931. The van der Waals surface area contributed by atoms with Gasteiger partial charge in [-0.3, -0.25) is 5.10 Å². The Balaban J connectivity index is 2.69. The molecule has 0 aliphatic rings. The molecule has 0 aliphatic heterocycles. The van der Waals surface area contributed by atoms with Crippen LogP contribution in [0.4, 0.5) is 5.82 Å². The van der Waals surface area contributed by atoms with E-state index in [9.17, 15) is 0 Å². The van der Waals surface area contributed by atoms with E-state index in [1.165, 1.54) is 0 Å². The number of H-pyrrole nitrogens is 1. The summed E-state index contributed by atoms with van der Waals surface area (Å²) in [5, 5.41) is 7.67. The van der Waals surface area contributed by atoms with E-state index in [-0.39, 0.29) is 0 Å². The van der Waals surface area contributed by atoms with Gasteiger partial charge in [-0.05, 0) is 17.7 Å². The molecule has 0 saturated carbocycles. The fourth-order valence-corrected chi connectivity index (χ4v) is 1.21. The molecule has 0 amide bonds. The van der Waals surface area contributed by atoms with Crippen molar-refractivity contribution in [2.75, 3.05) is 5.73 Å². The Morgan fingerprint density at radius 3 is 3.00 bits per heavy atom. The SMILES string of the molecule is NCc1ccc2c(N)n[nH]c2c1. The Labute approximate surface area is 69.6 Å². The second-order valence-corrected chi connectivity index (χ2v) is 2.69. The van der Waals surface area contributed by atoms with Gasteiger partial charge in [0, 0.05) is 11.9 Å². The van der Waals surface area contributed by atoms with E-state index in [0.717, 1.165) is 16.5 Å². The molecule has 0 radical (unpaired) electrons. The van der Waals surface area contributed by atoms with Crippen LogP contribution in [-0.2, 0) is 6.54 Å². The average Bonchev–Trinajstić information content (AvgIpc) is 2.47. The average molecular weight is 162 g/mol. The third-order valence-corrected chi connectivity index (χ3v) is 1.89. The summed E-state index contributed by atoms with van der Waals surface area (Å²) in [6.07, 6.45) is 0. The van der Waals surface area contributed by atoms with Gasteiger partial charge in [0.25, 0.3) is 0 Å². The fourth-order valence-electron chi connectivity index (χ4n) is 1.21. The minimum atomic E-state index is 0.536. The van der Waals surface area contributed by atoms with E-state index < -0.39 is 0 Å². The lowest BCUT2D eigenvalue weighted by atomic mass is 10.1. The van der Waals surface area contributed by atoms with E-state index >= 15 is 0 Å². The van der Waals surface area contributed by atoms with Gasteiger partial charge in [-0.15, -0.1) is 0 Å². The summed E-state index contributed by atoms with van der Waals surface area (Å²) < 4.78 is 0. The predicted octanol–water partition coefficient (Wildman–Crippen LogP) is 0.604. The second-order valence-electron chi connectivity index (χ2n) is 2.69. The second kappa shape index (κ2) is 2.49. The Hall–Kier alpha value is -1.55. The van der Waals surface area contributed by atoms with Crippen LogP contribution in [0.5, 0.6) is 0 Å². The lowest BCUT2D eigenvalue weighted by Gasteiger charge is -1.95. The number of benzene rings is 1. The van der Waals surface area contributed by atoms with Gasteiger partial charge in [0.1, 0.15) is 0 Å². The van der Waals surface area contributed by atoms with Crippen molar-refractivity contribution in [1.82, 2.24) is 10.2 Å². The normalized spacial score (nSPS) is 10.8. The molecule has 2 aromatic rings. The van der Waals surface area contributed by atoms with Crippen molar-refractivity contribution in [3.63, 3.8) is 0 Å². The summed E-state index contributed by atoms with van der Waals surface area (Å²) in [4.78, 5) is 0. The molecule has 0 aliphatic carbocycles. The van der Waals surface area contributed by atoms with Crippen molar-refractivity contribution in [2.24, 2.45) is 5.73 Å². The fraction of sp³-hybridized carbons (Fsp3) is 0.125. The van der Waals surface area contributed by atoms with Crippen LogP contribution in [0.1, 0.15) is 5.56 Å². The maximum atomic E-state index is 5.59. The third-order valence-electron chi connectivity index (χ3n) is 1.89. The van der Waals surface area contributed by atoms with E-state index in [2.05, 4.69) is 10.2 Å². The number of aromatic nitrogens is 2. The molecular weight excluding hydrogens is 152 g/mol. The van der Waals surface area contributed by atoms with Crippen molar-refractivity contribution >= 4 is 16.7 Å². The Morgan fingerprint density at radius 1 is 1.42 bits per heavy atom. The van der Waals surface area contributed by atoms with Gasteiger partial charge in [-0.1, -0.05) is 6.07 Å². The van der Waals surface area contributed by atoms with E-state index in [0.29, 0.717) is 12.4 Å². The highest BCUT2D eigenvalue weighted by molar-refractivity contribution is 5.88. The quantitative estimate of drug-likeness (QED) is 0.574. The molecule has 2 rings (SSSR count). The molecule has 1 aromatic heterocycles. The molecule has 5 N–H and O–H groups in total. The van der Waals surface area contributed by atoms with Crippen LogP contribution < -0.4 is 11.5 Å². The molecule has 0 atom stereocenters. The molecule has 62 valence electrons. The van der Waals surface area contributed by atoms with Gasteiger partial charge < -0.3 is 11.5 Å². The first-order valence-corrected chi connectivity index (χ1v) is 3.74. The van der Waals surface area contributed by atoms with Crippen LogP contribution in [0, 0.1) is 0 Å². The molecular formula is C8H10N4. The zero-order valence-corrected chi connectivity index (χ0v) is 6.54. The van der Waals surface area contributed by atoms with Gasteiger partial charge in [-0.25, -0.2) is 0 Å². The number of nitrogens with two attached hydrogens (primary N) is 2. The summed E-state index contributed by atoms with van der Waals surface area (Å²) in [5.41, 5.74) is 13.1. The molecule has 0 spiro atoms. The van der Waals surface area contributed by atoms with Crippen LogP contribution in [0.2, 0.25) is 0 Å². The number of anilines is 1. The number of rotatable bonds is 1. The van der Waals surface area contributed by atoms with Crippen molar-refractivity contribution in [3.05, 3.63) is 23.8 Å². The van der Waals surface area contributed by atoms with Crippen LogP contribution in [-0.4, -0.2) is 10.2 Å². The first-order chi connectivity index (χ1) is 5.81. The van der Waals surface area contributed by atoms with Crippen LogP contribution >= 0.6 is 0 Å². The Bertz CT molecular complexity index is 404. The van der Waals surface area contributed by atoms with Crippen molar-refractivity contribution in [2.45, 2.75) is 6.54 Å². The Morgan fingerprint density at radius 2 is 2.25 bits per heavy atom. The van der Waals surface area contributed by atoms with Crippen LogP contribution in [0.15, 0.2) is 18.2 Å². The highest BCUT2D eigenvalue weighted by atomic mass is 15.1. The van der Waals surface area contributed by atoms with Gasteiger partial charge in [0.2, 0.25) is 0 Å². The molecule has 1 aromatic carbocycles. The number of fused-ring (bicyclic) bond motifs is 1. The highest BCUT2D eigenvalue weighted by Gasteiger charge is 2.00. The number of hydrogen-bond donors (Lipinski definition) is 3. The lowest BCUT2D eigenvalue weighted by Crippen LogP contribution is -1.95. The number of nitrogens with one attached hydrogen (secondary N) is 1. The van der Waals surface area contributed by atoms with Crippen LogP contribution in [0.3, 0.4) is 0 Å². The standard InChI is InChI=1S/C8H10N4/c9-4-5-1-2-6-7(3-5)11-12-8(6)10/h1-3H,4,9H2,(H3,10,11,12). The molecule has 4 nitrogen and oxygen atoms in total. The summed E-state index contributed by atoms with van der Waals surface area (Å²) in [6, 6.07) is 5.84. The molecule has 4 heteroatoms. The zero-order valence-electron chi connectivity index (χ0n) is 6.54. The number of aromatic amines is 1. The lowest BCUT2D eigenvalue weighted by molar-refractivity contribution is 1.07. The zero-order chi connectivity index (χ0) is 8.55. The molecule has 0 unspecified atom stereocenters. The van der Waals surface area contributed by atoms with Gasteiger partial charge in [0.15, 0.2) is 5.82 Å². The minimum Gasteiger partial charge on any atom is -0.382 e. The topological polar surface area (TPSA) is 80.7 Å². The number of nitrogen functional groups attached to an aromatic ring is 1. The van der Waals surface area contributed by atoms with Crippen molar-refractivity contribution < 1.29 is 0 Å². The van der Waals surface area contributed by atoms with Crippen molar-refractivity contribution in [3.8, 4) is 0 Å².